The number of carbonyl (C=O) groups is 3. The molecular formula is C16H20F3NO7S. The van der Waals surface area contributed by atoms with Crippen molar-refractivity contribution in [2.24, 2.45) is 4.99 Å². The molecule has 0 aromatic heterocycles. The number of aliphatic imine (C=N–C) groups is 1. The van der Waals surface area contributed by atoms with Crippen molar-refractivity contribution in [3.63, 3.8) is 0 Å². The molecule has 0 radical (unpaired) electrons. The summed E-state index contributed by atoms with van der Waals surface area (Å²) < 4.78 is 58.7. The first kappa shape index (κ1) is 22.5. The fraction of sp³-hybridized carbons (Fsp3) is 0.750. The molecule has 2 aliphatic heterocycles. The van der Waals surface area contributed by atoms with Gasteiger partial charge in [-0.05, 0) is 0 Å². The smallest absolute Gasteiger partial charge is 0.389 e. The van der Waals surface area contributed by atoms with Crippen LogP contribution >= 0.6 is 11.8 Å². The van der Waals surface area contributed by atoms with Gasteiger partial charge in [0.2, 0.25) is 0 Å². The molecule has 0 spiro atoms. The third kappa shape index (κ3) is 6.36. The number of thioether (sulfide) groups is 1. The van der Waals surface area contributed by atoms with Gasteiger partial charge in [0.1, 0.15) is 24.2 Å². The zero-order valence-corrected chi connectivity index (χ0v) is 16.2. The number of hydrogen-bond acceptors (Lipinski definition) is 9. The Labute approximate surface area is 163 Å². The summed E-state index contributed by atoms with van der Waals surface area (Å²) in [6.07, 6.45) is -8.93. The molecule has 12 heteroatoms. The van der Waals surface area contributed by atoms with Gasteiger partial charge in [0.25, 0.3) is 0 Å². The zero-order chi connectivity index (χ0) is 21.1. The third-order valence-electron chi connectivity index (χ3n) is 3.84. The maximum absolute atomic E-state index is 12.5. The van der Waals surface area contributed by atoms with Crippen molar-refractivity contribution in [1.29, 1.82) is 0 Å². The van der Waals surface area contributed by atoms with E-state index < -0.39 is 60.3 Å². The van der Waals surface area contributed by atoms with Crippen LogP contribution in [0.4, 0.5) is 13.2 Å². The maximum Gasteiger partial charge on any atom is 0.389 e. The predicted molar refractivity (Wildman–Crippen MR) is 90.5 cm³/mol. The Morgan fingerprint density at radius 1 is 1.07 bits per heavy atom. The summed E-state index contributed by atoms with van der Waals surface area (Å²) in [6, 6.07) is -0.852. The molecule has 28 heavy (non-hydrogen) atoms. The summed E-state index contributed by atoms with van der Waals surface area (Å²) in [5.41, 5.74) is -0.764. The second kappa shape index (κ2) is 9.12. The van der Waals surface area contributed by atoms with E-state index in [0.29, 0.717) is 0 Å². The van der Waals surface area contributed by atoms with Gasteiger partial charge >= 0.3 is 24.1 Å². The van der Waals surface area contributed by atoms with Gasteiger partial charge in [0, 0.05) is 33.6 Å². The van der Waals surface area contributed by atoms with Crippen molar-refractivity contribution >= 4 is 34.7 Å². The normalized spacial score (nSPS) is 29.5. The highest BCUT2D eigenvalue weighted by Crippen LogP contribution is 2.40. The van der Waals surface area contributed by atoms with E-state index in [1.807, 2.05) is 0 Å². The molecule has 2 rings (SSSR count). The van der Waals surface area contributed by atoms with Crippen molar-refractivity contribution in [3.05, 3.63) is 0 Å². The summed E-state index contributed by atoms with van der Waals surface area (Å²) in [7, 11) is 0. The third-order valence-corrected chi connectivity index (χ3v) is 5.04. The van der Waals surface area contributed by atoms with Crippen LogP contribution in [-0.2, 0) is 33.3 Å². The van der Waals surface area contributed by atoms with Crippen LogP contribution in [0.1, 0.15) is 33.6 Å². The summed E-state index contributed by atoms with van der Waals surface area (Å²) in [4.78, 5) is 38.4. The highest BCUT2D eigenvalue weighted by Gasteiger charge is 2.53. The van der Waals surface area contributed by atoms with E-state index in [4.69, 9.17) is 18.9 Å². The fourth-order valence-corrected chi connectivity index (χ4v) is 4.05. The van der Waals surface area contributed by atoms with Gasteiger partial charge in [-0.2, -0.15) is 13.2 Å². The van der Waals surface area contributed by atoms with E-state index in [2.05, 4.69) is 4.99 Å². The number of nitrogens with zero attached hydrogens (tertiary/aromatic N) is 1. The Kier molecular flexibility index (Phi) is 7.32. The number of alkyl halides is 3. The first-order chi connectivity index (χ1) is 13.0. The van der Waals surface area contributed by atoms with Crippen molar-refractivity contribution in [2.75, 3.05) is 6.61 Å². The lowest BCUT2D eigenvalue weighted by molar-refractivity contribution is -0.208. The number of hydrogen-bond donors (Lipinski definition) is 0. The highest BCUT2D eigenvalue weighted by atomic mass is 32.2. The van der Waals surface area contributed by atoms with Crippen LogP contribution in [0.15, 0.2) is 4.99 Å². The molecule has 2 heterocycles. The van der Waals surface area contributed by atoms with Crippen LogP contribution in [0.25, 0.3) is 0 Å². The molecule has 158 valence electrons. The number of esters is 3. The molecule has 0 aromatic rings. The van der Waals surface area contributed by atoms with Crippen molar-refractivity contribution < 1.29 is 46.5 Å². The van der Waals surface area contributed by atoms with E-state index in [9.17, 15) is 27.6 Å². The molecule has 0 saturated carbocycles. The molecule has 0 N–H and O–H groups in total. The summed E-state index contributed by atoms with van der Waals surface area (Å²) in [6.45, 7) is 3.18. The number of fused-ring (bicyclic) bond motifs is 1. The number of carbonyl (C=O) groups excluding carboxylic acids is 3. The molecule has 0 amide bonds. The monoisotopic (exact) mass is 427 g/mol. The van der Waals surface area contributed by atoms with Gasteiger partial charge in [-0.3, -0.25) is 19.4 Å². The standard InChI is InChI=1S/C16H20F3NO7S/c1-7(21)24-6-10-13(25-8(2)22)14(26-9(3)23)12-15(27-10)28-11(20-12)4-5-16(17,18)19/h10,12-15H,4-6H2,1-3H3/t10-,12?,13-,14-,15?/m1/s1. The maximum atomic E-state index is 12.5. The average Bonchev–Trinajstić information content (AvgIpc) is 2.95. The molecule has 1 fully saturated rings. The van der Waals surface area contributed by atoms with Crippen molar-refractivity contribution in [3.8, 4) is 0 Å². The predicted octanol–water partition coefficient (Wildman–Crippen LogP) is 1.99. The number of halogens is 3. The minimum atomic E-state index is -4.34. The van der Waals surface area contributed by atoms with Gasteiger partial charge in [0.15, 0.2) is 12.2 Å². The molecule has 2 aliphatic rings. The quantitative estimate of drug-likeness (QED) is 0.469. The molecule has 5 atom stereocenters. The van der Waals surface area contributed by atoms with Crippen molar-refractivity contribution in [2.45, 2.75) is 69.6 Å². The molecule has 1 saturated heterocycles. The molecule has 2 unspecified atom stereocenters. The Morgan fingerprint density at radius 2 is 1.68 bits per heavy atom. The van der Waals surface area contributed by atoms with E-state index >= 15 is 0 Å². The van der Waals surface area contributed by atoms with Gasteiger partial charge in [-0.1, -0.05) is 11.8 Å². The number of ether oxygens (including phenoxy) is 4. The minimum absolute atomic E-state index is 0.194. The summed E-state index contributed by atoms with van der Waals surface area (Å²) >= 11 is 0.981. The zero-order valence-electron chi connectivity index (χ0n) is 15.4. The number of rotatable bonds is 6. The van der Waals surface area contributed by atoms with E-state index in [1.54, 1.807) is 0 Å². The highest BCUT2D eigenvalue weighted by molar-refractivity contribution is 8.14. The van der Waals surface area contributed by atoms with E-state index in [0.717, 1.165) is 25.6 Å². The topological polar surface area (TPSA) is 100 Å². The van der Waals surface area contributed by atoms with Gasteiger partial charge in [0.05, 0.1) is 5.04 Å². The van der Waals surface area contributed by atoms with Crippen LogP contribution in [0.3, 0.4) is 0 Å². The molecule has 0 aliphatic carbocycles. The first-order valence-corrected chi connectivity index (χ1v) is 9.27. The van der Waals surface area contributed by atoms with Crippen molar-refractivity contribution in [1.82, 2.24) is 0 Å². The van der Waals surface area contributed by atoms with Gasteiger partial charge in [-0.15, -0.1) is 0 Å². The summed E-state index contributed by atoms with van der Waals surface area (Å²) in [5, 5.41) is 0.194. The first-order valence-electron chi connectivity index (χ1n) is 8.39. The Hall–Kier alpha value is -1.82. The van der Waals surface area contributed by atoms with E-state index in [-0.39, 0.29) is 18.1 Å². The minimum Gasteiger partial charge on any atom is -0.463 e. The van der Waals surface area contributed by atoms with Crippen LogP contribution in [0.2, 0.25) is 0 Å². The summed E-state index contributed by atoms with van der Waals surface area (Å²) in [5.74, 6) is -1.97. The average molecular weight is 427 g/mol. The van der Waals surface area contributed by atoms with Gasteiger partial charge in [-0.25, -0.2) is 0 Å². The molecule has 0 aromatic carbocycles. The van der Waals surface area contributed by atoms with E-state index in [1.165, 1.54) is 6.92 Å². The second-order valence-corrected chi connectivity index (χ2v) is 7.41. The lowest BCUT2D eigenvalue weighted by Crippen LogP contribution is -2.59. The lowest BCUT2D eigenvalue weighted by atomic mass is 9.97. The molecule has 8 nitrogen and oxygen atoms in total. The Balaban J connectivity index is 2.24. The van der Waals surface area contributed by atoms with Crippen LogP contribution in [0.5, 0.6) is 0 Å². The molecular weight excluding hydrogens is 407 g/mol. The van der Waals surface area contributed by atoms with Gasteiger partial charge < -0.3 is 18.9 Å². The Bertz CT molecular complexity index is 655. The van der Waals surface area contributed by atoms with Crippen LogP contribution in [0, 0.1) is 0 Å². The SMILES string of the molecule is CC(=O)OC[C@H]1OC2SC(CCC(F)(F)F)=NC2[C@@H](OC(C)=O)[C@@H]1OC(C)=O. The lowest BCUT2D eigenvalue weighted by Gasteiger charge is -2.41. The largest absolute Gasteiger partial charge is 0.463 e. The van der Waals surface area contributed by atoms with Crippen LogP contribution in [-0.4, -0.2) is 65.5 Å². The molecule has 0 bridgehead atoms. The Morgan fingerprint density at radius 3 is 2.21 bits per heavy atom. The van der Waals surface area contributed by atoms with Crippen LogP contribution < -0.4 is 0 Å². The fourth-order valence-electron chi connectivity index (χ4n) is 2.82. The second-order valence-electron chi connectivity index (χ2n) is 6.24.